The van der Waals surface area contributed by atoms with Crippen LogP contribution in [0.5, 0.6) is 0 Å². The first kappa shape index (κ1) is 17.6. The van der Waals surface area contributed by atoms with Crippen molar-refractivity contribution < 1.29 is 9.59 Å². The van der Waals surface area contributed by atoms with E-state index in [2.05, 4.69) is 59.2 Å². The Balaban J connectivity index is 1.51. The van der Waals surface area contributed by atoms with Gasteiger partial charge in [-0.05, 0) is 43.2 Å². The summed E-state index contributed by atoms with van der Waals surface area (Å²) in [4.78, 5) is 27.8. The summed E-state index contributed by atoms with van der Waals surface area (Å²) in [6.45, 7) is 5.46. The standard InChI is InChI=1S/C22H26N4O2/c1-3-26-11-15-8-19-17(16-5-4-6-18(26)22(15)16)7-14(9-24(19)2)10-25-12-20(27)23-21(28)13-25/h4-7,11,14,19H,3,8-10,12-13H2,1-2H3,(H,23,27,28)/t14-,19-/m1/s1. The monoisotopic (exact) mass is 378 g/mol. The number of aryl methyl sites for hydroxylation is 1. The first-order chi connectivity index (χ1) is 13.5. The Labute approximate surface area is 164 Å². The zero-order valence-corrected chi connectivity index (χ0v) is 16.4. The number of amides is 2. The Hall–Kier alpha value is -2.44. The summed E-state index contributed by atoms with van der Waals surface area (Å²) >= 11 is 0. The highest BCUT2D eigenvalue weighted by molar-refractivity contribution is 6.00. The normalized spacial score (nSPS) is 25.6. The van der Waals surface area contributed by atoms with Gasteiger partial charge < -0.3 is 4.57 Å². The van der Waals surface area contributed by atoms with Gasteiger partial charge in [-0.2, -0.15) is 0 Å². The van der Waals surface area contributed by atoms with Crippen molar-refractivity contribution in [2.45, 2.75) is 25.9 Å². The molecule has 28 heavy (non-hydrogen) atoms. The molecule has 1 N–H and O–H groups in total. The van der Waals surface area contributed by atoms with Gasteiger partial charge in [-0.3, -0.25) is 24.7 Å². The lowest BCUT2D eigenvalue weighted by atomic mass is 9.80. The van der Waals surface area contributed by atoms with Gasteiger partial charge >= 0.3 is 0 Å². The van der Waals surface area contributed by atoms with Crippen LogP contribution in [0.25, 0.3) is 16.5 Å². The molecule has 1 saturated heterocycles. The summed E-state index contributed by atoms with van der Waals surface area (Å²) in [5.41, 5.74) is 5.51. The molecule has 1 fully saturated rings. The van der Waals surface area contributed by atoms with Crippen LogP contribution in [-0.2, 0) is 22.6 Å². The highest BCUT2D eigenvalue weighted by Gasteiger charge is 2.35. The third-order valence-electron chi connectivity index (χ3n) is 6.38. The second-order valence-electron chi connectivity index (χ2n) is 8.32. The maximum atomic E-state index is 11.7. The van der Waals surface area contributed by atoms with Crippen LogP contribution in [0.1, 0.15) is 18.1 Å². The fourth-order valence-corrected chi connectivity index (χ4v) is 5.26. The van der Waals surface area contributed by atoms with Crippen LogP contribution in [-0.4, -0.2) is 65.4 Å². The molecule has 2 amide bonds. The second-order valence-corrected chi connectivity index (χ2v) is 8.32. The molecule has 0 spiro atoms. The number of imide groups is 1. The predicted octanol–water partition coefficient (Wildman–Crippen LogP) is 1.49. The van der Waals surface area contributed by atoms with Gasteiger partial charge in [0.2, 0.25) is 11.8 Å². The quantitative estimate of drug-likeness (QED) is 0.823. The number of nitrogens with one attached hydrogen (secondary N) is 1. The van der Waals surface area contributed by atoms with Crippen LogP contribution in [0.2, 0.25) is 0 Å². The fraction of sp³-hybridized carbons (Fsp3) is 0.455. The molecule has 3 aliphatic rings. The molecule has 3 heterocycles. The van der Waals surface area contributed by atoms with Gasteiger partial charge in [0.1, 0.15) is 0 Å². The highest BCUT2D eigenvalue weighted by Crippen LogP contribution is 2.41. The van der Waals surface area contributed by atoms with E-state index in [1.165, 1.54) is 27.6 Å². The zero-order valence-electron chi connectivity index (χ0n) is 16.4. The highest BCUT2D eigenvalue weighted by atomic mass is 16.2. The molecule has 0 radical (unpaired) electrons. The van der Waals surface area contributed by atoms with E-state index < -0.39 is 0 Å². The number of likely N-dealkylation sites (N-methyl/N-ethyl adjacent to an activating group) is 1. The molecule has 1 aromatic carbocycles. The Kier molecular flexibility index (Phi) is 4.14. The Morgan fingerprint density at radius 2 is 1.96 bits per heavy atom. The van der Waals surface area contributed by atoms with Crippen molar-refractivity contribution in [1.29, 1.82) is 0 Å². The Morgan fingerprint density at radius 1 is 1.18 bits per heavy atom. The number of hydrogen-bond acceptors (Lipinski definition) is 4. The van der Waals surface area contributed by atoms with E-state index in [0.717, 1.165) is 26.1 Å². The number of hydrogen-bond donors (Lipinski definition) is 1. The average molecular weight is 378 g/mol. The summed E-state index contributed by atoms with van der Waals surface area (Å²) in [6.07, 6.45) is 5.77. The van der Waals surface area contributed by atoms with Crippen LogP contribution in [0.15, 0.2) is 30.5 Å². The molecule has 1 aliphatic carbocycles. The van der Waals surface area contributed by atoms with Gasteiger partial charge in [0.25, 0.3) is 0 Å². The lowest BCUT2D eigenvalue weighted by molar-refractivity contribution is -0.136. The molecule has 2 atom stereocenters. The first-order valence-corrected chi connectivity index (χ1v) is 10.1. The Morgan fingerprint density at radius 3 is 2.71 bits per heavy atom. The molecular weight excluding hydrogens is 352 g/mol. The molecule has 0 bridgehead atoms. The molecule has 2 aromatic rings. The van der Waals surface area contributed by atoms with E-state index in [9.17, 15) is 9.59 Å². The predicted molar refractivity (Wildman–Crippen MR) is 109 cm³/mol. The van der Waals surface area contributed by atoms with E-state index in [1.54, 1.807) is 0 Å². The molecule has 0 unspecified atom stereocenters. The molecule has 146 valence electrons. The van der Waals surface area contributed by atoms with Crippen LogP contribution < -0.4 is 5.32 Å². The number of carbonyl (C=O) groups excluding carboxylic acids is 2. The summed E-state index contributed by atoms with van der Waals surface area (Å²) in [6, 6.07) is 7.02. The number of benzene rings is 1. The van der Waals surface area contributed by atoms with Crippen molar-refractivity contribution in [3.63, 3.8) is 0 Å². The first-order valence-electron chi connectivity index (χ1n) is 10.1. The molecule has 1 aromatic heterocycles. The number of carbonyl (C=O) groups is 2. The van der Waals surface area contributed by atoms with Crippen LogP contribution in [0.4, 0.5) is 0 Å². The van der Waals surface area contributed by atoms with E-state index in [4.69, 9.17) is 0 Å². The van der Waals surface area contributed by atoms with Crippen molar-refractivity contribution in [1.82, 2.24) is 19.7 Å². The summed E-state index contributed by atoms with van der Waals surface area (Å²) in [5.74, 6) is -0.0853. The SMILES string of the molecule is CCn1cc2c3c(cccc31)C1=C[C@@H](CN3CC(=O)NC(=O)C3)CN(C)[C@@H]1C2. The van der Waals surface area contributed by atoms with Gasteiger partial charge in [-0.1, -0.05) is 18.2 Å². The summed E-state index contributed by atoms with van der Waals surface area (Å²) in [5, 5.41) is 3.78. The lowest BCUT2D eigenvalue weighted by Crippen LogP contribution is -2.53. The molecule has 2 aliphatic heterocycles. The smallest absolute Gasteiger partial charge is 0.240 e. The number of aromatic nitrogens is 1. The summed E-state index contributed by atoms with van der Waals surface area (Å²) in [7, 11) is 2.20. The minimum atomic E-state index is -0.195. The number of fused-ring (bicyclic) bond motifs is 2. The van der Waals surface area contributed by atoms with Crippen molar-refractivity contribution in [2.24, 2.45) is 5.92 Å². The topological polar surface area (TPSA) is 57.6 Å². The molecular formula is C22H26N4O2. The van der Waals surface area contributed by atoms with E-state index in [-0.39, 0.29) is 11.8 Å². The van der Waals surface area contributed by atoms with Crippen molar-refractivity contribution in [2.75, 3.05) is 33.2 Å². The Bertz CT molecular complexity index is 989. The zero-order chi connectivity index (χ0) is 19.4. The maximum Gasteiger partial charge on any atom is 0.240 e. The third-order valence-corrected chi connectivity index (χ3v) is 6.38. The van der Waals surface area contributed by atoms with Crippen molar-refractivity contribution in [3.8, 4) is 0 Å². The average Bonchev–Trinajstić information content (AvgIpc) is 3.01. The van der Waals surface area contributed by atoms with E-state index >= 15 is 0 Å². The van der Waals surface area contributed by atoms with Crippen LogP contribution >= 0.6 is 0 Å². The number of nitrogens with zero attached hydrogens (tertiary/aromatic N) is 3. The third kappa shape index (κ3) is 2.79. The van der Waals surface area contributed by atoms with E-state index in [1.807, 2.05) is 4.90 Å². The second kappa shape index (κ2) is 6.57. The van der Waals surface area contributed by atoms with Gasteiger partial charge in [0.05, 0.1) is 13.1 Å². The molecule has 6 nitrogen and oxygen atoms in total. The minimum absolute atomic E-state index is 0.195. The van der Waals surface area contributed by atoms with Crippen molar-refractivity contribution in [3.05, 3.63) is 41.6 Å². The van der Waals surface area contributed by atoms with Gasteiger partial charge in [0, 0.05) is 48.7 Å². The maximum absolute atomic E-state index is 11.7. The van der Waals surface area contributed by atoms with Crippen molar-refractivity contribution >= 4 is 28.3 Å². The van der Waals surface area contributed by atoms with Gasteiger partial charge in [-0.15, -0.1) is 0 Å². The molecule has 0 saturated carbocycles. The largest absolute Gasteiger partial charge is 0.347 e. The molecule has 5 rings (SSSR count). The summed E-state index contributed by atoms with van der Waals surface area (Å²) < 4.78 is 2.35. The van der Waals surface area contributed by atoms with E-state index in [0.29, 0.717) is 25.0 Å². The number of piperazine rings is 1. The minimum Gasteiger partial charge on any atom is -0.347 e. The fourth-order valence-electron chi connectivity index (χ4n) is 5.26. The van der Waals surface area contributed by atoms with Gasteiger partial charge in [0.15, 0.2) is 0 Å². The lowest BCUT2D eigenvalue weighted by Gasteiger charge is -2.41. The van der Waals surface area contributed by atoms with Crippen LogP contribution in [0, 0.1) is 5.92 Å². The van der Waals surface area contributed by atoms with Gasteiger partial charge in [-0.25, -0.2) is 0 Å². The molecule has 6 heteroatoms. The van der Waals surface area contributed by atoms with Crippen LogP contribution in [0.3, 0.4) is 0 Å². The number of rotatable bonds is 3.